The zero-order chi connectivity index (χ0) is 22.0. The third-order valence-corrected chi connectivity index (χ3v) is 5.31. The molecule has 0 fully saturated rings. The van der Waals surface area contributed by atoms with Crippen LogP contribution in [0.4, 0.5) is 0 Å². The topological polar surface area (TPSA) is 94.5 Å². The molecule has 1 aromatic carbocycles. The van der Waals surface area contributed by atoms with E-state index >= 15 is 0 Å². The van der Waals surface area contributed by atoms with Crippen LogP contribution in [0.15, 0.2) is 47.1 Å². The number of allylic oxidation sites excluding steroid dienone is 2. The van der Waals surface area contributed by atoms with Crippen LogP contribution in [0.25, 0.3) is 0 Å². The van der Waals surface area contributed by atoms with E-state index in [1.807, 2.05) is 20.8 Å². The van der Waals surface area contributed by atoms with Crippen LogP contribution in [0.1, 0.15) is 49.2 Å². The van der Waals surface area contributed by atoms with Crippen molar-refractivity contribution in [3.05, 3.63) is 58.3 Å². The van der Waals surface area contributed by atoms with Crippen LogP contribution in [-0.4, -0.2) is 37.0 Å². The Balaban J connectivity index is 2.15. The highest BCUT2D eigenvalue weighted by molar-refractivity contribution is 5.96. The van der Waals surface area contributed by atoms with Crippen molar-refractivity contribution in [1.82, 2.24) is 0 Å². The third-order valence-electron chi connectivity index (χ3n) is 5.31. The van der Waals surface area contributed by atoms with Crippen molar-refractivity contribution in [3.63, 3.8) is 0 Å². The normalized spacial score (nSPS) is 21.0. The highest BCUT2D eigenvalue weighted by atomic mass is 16.6. The monoisotopic (exact) mass is 416 g/mol. The summed E-state index contributed by atoms with van der Waals surface area (Å²) in [6, 6.07) is 3.31. The maximum atomic E-state index is 12.9. The van der Waals surface area contributed by atoms with Gasteiger partial charge in [0.15, 0.2) is 11.5 Å². The highest BCUT2D eigenvalue weighted by Gasteiger charge is 2.36. The van der Waals surface area contributed by atoms with Gasteiger partial charge < -0.3 is 29.2 Å². The zero-order valence-electron chi connectivity index (χ0n) is 17.9. The van der Waals surface area contributed by atoms with Crippen LogP contribution in [0.2, 0.25) is 0 Å². The molecular formula is C23H28O7. The number of cyclic esters (lactones) is 1. The Morgan fingerprint density at radius 3 is 2.60 bits per heavy atom. The van der Waals surface area contributed by atoms with E-state index in [2.05, 4.69) is 0 Å². The molecule has 0 radical (unpaired) electrons. The van der Waals surface area contributed by atoms with Crippen molar-refractivity contribution in [2.75, 3.05) is 20.8 Å². The molecule has 1 aliphatic carbocycles. The summed E-state index contributed by atoms with van der Waals surface area (Å²) < 4.78 is 22.7. The van der Waals surface area contributed by atoms with Gasteiger partial charge in [0, 0.05) is 11.1 Å². The molecule has 0 saturated heterocycles. The lowest BCUT2D eigenvalue weighted by atomic mass is 9.87. The Morgan fingerprint density at radius 2 is 2.00 bits per heavy atom. The number of ether oxygens (including phenoxy) is 4. The summed E-state index contributed by atoms with van der Waals surface area (Å²) in [7, 11) is 2.97. The first-order valence-corrected chi connectivity index (χ1v) is 9.87. The Labute approximate surface area is 176 Å². The van der Waals surface area contributed by atoms with Crippen molar-refractivity contribution in [2.45, 2.75) is 33.3 Å². The van der Waals surface area contributed by atoms with Gasteiger partial charge in [-0.1, -0.05) is 13.8 Å². The average molecular weight is 416 g/mol. The predicted octanol–water partition coefficient (Wildman–Crippen LogP) is 4.20. The molecule has 1 aromatic rings. The minimum absolute atomic E-state index is 0.0417. The molecule has 1 aliphatic heterocycles. The predicted molar refractivity (Wildman–Crippen MR) is 110 cm³/mol. The molecule has 0 aromatic heterocycles. The molecule has 30 heavy (non-hydrogen) atoms. The minimum Gasteiger partial charge on any atom is -0.515 e. The number of hydrogen-bond acceptors (Lipinski definition) is 7. The number of fused-ring (bicyclic) bond motifs is 2. The SMILES string of the molecule is COC1=C2Oc3ccc(C(O)CC(C)C)c(OC)c3C(=O)OCC2C(=CO)C(C)=C1. The van der Waals surface area contributed by atoms with Crippen molar-refractivity contribution in [3.8, 4) is 11.5 Å². The number of methoxy groups -OCH3 is 2. The Hall–Kier alpha value is -2.93. The van der Waals surface area contributed by atoms with Crippen molar-refractivity contribution in [2.24, 2.45) is 11.8 Å². The summed E-state index contributed by atoms with van der Waals surface area (Å²) in [6.07, 6.45) is 2.47. The number of benzene rings is 1. The van der Waals surface area contributed by atoms with Gasteiger partial charge in [0.1, 0.15) is 23.7 Å². The van der Waals surface area contributed by atoms with Gasteiger partial charge in [-0.15, -0.1) is 0 Å². The maximum absolute atomic E-state index is 12.9. The van der Waals surface area contributed by atoms with Crippen molar-refractivity contribution < 1.29 is 34.0 Å². The quantitative estimate of drug-likeness (QED) is 0.549. The smallest absolute Gasteiger partial charge is 0.345 e. The van der Waals surface area contributed by atoms with Gasteiger partial charge in [0.25, 0.3) is 0 Å². The molecule has 1 heterocycles. The second-order valence-corrected chi connectivity index (χ2v) is 7.80. The fourth-order valence-electron chi connectivity index (χ4n) is 3.84. The highest BCUT2D eigenvalue weighted by Crippen LogP contribution is 2.43. The van der Waals surface area contributed by atoms with E-state index in [0.717, 1.165) is 11.8 Å². The summed E-state index contributed by atoms with van der Waals surface area (Å²) >= 11 is 0. The van der Waals surface area contributed by atoms with Gasteiger partial charge in [0.2, 0.25) is 0 Å². The number of carbonyl (C=O) groups excluding carboxylic acids is 1. The molecule has 7 nitrogen and oxygen atoms in total. The van der Waals surface area contributed by atoms with Crippen LogP contribution in [0.3, 0.4) is 0 Å². The Bertz CT molecular complexity index is 924. The van der Waals surface area contributed by atoms with E-state index in [0.29, 0.717) is 29.1 Å². The van der Waals surface area contributed by atoms with Crippen LogP contribution < -0.4 is 9.47 Å². The third kappa shape index (κ3) is 3.89. The number of aliphatic hydroxyl groups excluding tert-OH is 2. The van der Waals surface area contributed by atoms with Crippen LogP contribution in [0.5, 0.6) is 11.5 Å². The van der Waals surface area contributed by atoms with E-state index in [-0.39, 0.29) is 29.6 Å². The van der Waals surface area contributed by atoms with E-state index in [4.69, 9.17) is 18.9 Å². The van der Waals surface area contributed by atoms with E-state index in [1.54, 1.807) is 18.2 Å². The van der Waals surface area contributed by atoms with Crippen molar-refractivity contribution >= 4 is 5.97 Å². The second kappa shape index (κ2) is 8.83. The van der Waals surface area contributed by atoms with Gasteiger partial charge in [-0.05, 0) is 43.0 Å². The lowest BCUT2D eigenvalue weighted by molar-refractivity contribution is 0.0420. The summed E-state index contributed by atoms with van der Waals surface area (Å²) in [5.41, 5.74) is 1.98. The van der Waals surface area contributed by atoms with Crippen LogP contribution >= 0.6 is 0 Å². The zero-order valence-corrected chi connectivity index (χ0v) is 17.9. The molecule has 7 heteroatoms. The molecular weight excluding hydrogens is 388 g/mol. The first-order chi connectivity index (χ1) is 14.3. The van der Waals surface area contributed by atoms with E-state index in [1.165, 1.54) is 14.2 Å². The first-order valence-electron chi connectivity index (χ1n) is 9.87. The summed E-state index contributed by atoms with van der Waals surface area (Å²) in [5.74, 6) is 0.490. The molecule has 2 unspecified atom stereocenters. The summed E-state index contributed by atoms with van der Waals surface area (Å²) in [6.45, 7) is 5.80. The van der Waals surface area contributed by atoms with E-state index in [9.17, 15) is 15.0 Å². The van der Waals surface area contributed by atoms with Gasteiger partial charge in [-0.2, -0.15) is 0 Å². The van der Waals surface area contributed by atoms with Gasteiger partial charge in [0.05, 0.1) is 32.5 Å². The molecule has 2 N–H and O–H groups in total. The number of carbonyl (C=O) groups is 1. The van der Waals surface area contributed by atoms with Gasteiger partial charge in [-0.25, -0.2) is 4.79 Å². The number of hydrogen-bond donors (Lipinski definition) is 2. The molecule has 0 bridgehead atoms. The van der Waals surface area contributed by atoms with Gasteiger partial charge >= 0.3 is 5.97 Å². The molecule has 2 aliphatic rings. The first kappa shape index (κ1) is 21.8. The number of esters is 1. The summed E-state index contributed by atoms with van der Waals surface area (Å²) in [5, 5.41) is 20.4. The van der Waals surface area contributed by atoms with Crippen molar-refractivity contribution in [1.29, 1.82) is 0 Å². The standard InChI is InChI=1S/C23H28O7/c1-12(2)8-17(25)14-6-7-18-20(22(14)28-5)23(26)29-11-16-15(10-24)13(3)9-19(27-4)21(16)30-18/h6-7,9-10,12,16-17,24-25H,8,11H2,1-5H3. The lowest BCUT2D eigenvalue weighted by Gasteiger charge is -2.31. The molecule has 0 saturated carbocycles. The summed E-state index contributed by atoms with van der Waals surface area (Å²) in [4.78, 5) is 12.9. The maximum Gasteiger partial charge on any atom is 0.345 e. The van der Waals surface area contributed by atoms with Gasteiger partial charge in [-0.3, -0.25) is 0 Å². The average Bonchev–Trinajstić information content (AvgIpc) is 2.70. The molecule has 162 valence electrons. The van der Waals surface area contributed by atoms with Crippen LogP contribution in [-0.2, 0) is 9.47 Å². The Morgan fingerprint density at radius 1 is 1.27 bits per heavy atom. The molecule has 0 amide bonds. The van der Waals surface area contributed by atoms with E-state index < -0.39 is 18.0 Å². The Kier molecular flexibility index (Phi) is 6.41. The minimum atomic E-state index is -0.797. The largest absolute Gasteiger partial charge is 0.515 e. The molecule has 3 rings (SSSR count). The molecule has 2 atom stereocenters. The second-order valence-electron chi connectivity index (χ2n) is 7.80. The molecule has 0 spiro atoms. The lowest BCUT2D eigenvalue weighted by Crippen LogP contribution is -2.28. The fraction of sp³-hybridized carbons (Fsp3) is 0.435. The van der Waals surface area contributed by atoms with Crippen LogP contribution in [0, 0.1) is 11.8 Å². The number of rotatable bonds is 5. The number of aliphatic hydroxyl groups is 2. The fourth-order valence-corrected chi connectivity index (χ4v) is 3.84.